The Kier molecular flexibility index (Phi) is 6.34. The van der Waals surface area contributed by atoms with Gasteiger partial charge in [0.15, 0.2) is 20.8 Å². The third kappa shape index (κ3) is 4.71. The summed E-state index contributed by atoms with van der Waals surface area (Å²) in [6.45, 7) is 4.07. The zero-order valence-electron chi connectivity index (χ0n) is 18.2. The van der Waals surface area contributed by atoms with Gasteiger partial charge in [-0.05, 0) is 44.0 Å². The van der Waals surface area contributed by atoms with Gasteiger partial charge in [-0.2, -0.15) is 0 Å². The van der Waals surface area contributed by atoms with E-state index < -0.39 is 9.84 Å². The molecule has 1 aliphatic rings. The van der Waals surface area contributed by atoms with E-state index in [1.165, 1.54) is 11.8 Å². The molecule has 1 fully saturated rings. The predicted octanol–water partition coefficient (Wildman–Crippen LogP) is 2.68. The summed E-state index contributed by atoms with van der Waals surface area (Å²) in [6, 6.07) is 9.65. The first kappa shape index (κ1) is 22.5. The maximum Gasteiger partial charge on any atom is 0.233 e. The summed E-state index contributed by atoms with van der Waals surface area (Å²) in [6.07, 6.45) is 3.92. The molecule has 1 amide bonds. The summed E-state index contributed by atoms with van der Waals surface area (Å²) < 4.78 is 25.5. The number of carbonyl (C=O) groups is 1. The number of nitrogens with zero attached hydrogens (tertiary/aromatic N) is 5. The molecule has 1 atom stereocenters. The quantitative estimate of drug-likeness (QED) is 0.510. The van der Waals surface area contributed by atoms with Crippen molar-refractivity contribution in [3.8, 4) is 17.1 Å². The molecular weight excluding hydrogens is 446 g/mol. The fraction of sp³-hybridized carbons (Fsp3) is 0.364. The smallest absolute Gasteiger partial charge is 0.233 e. The minimum atomic E-state index is -3.05. The van der Waals surface area contributed by atoms with Gasteiger partial charge in [-0.15, -0.1) is 10.2 Å². The van der Waals surface area contributed by atoms with E-state index in [0.717, 1.165) is 22.4 Å². The number of aromatic nitrogens is 4. The summed E-state index contributed by atoms with van der Waals surface area (Å²) in [5.41, 5.74) is 3.98. The number of pyridine rings is 1. The number of thioether (sulfide) groups is 1. The molecule has 8 nitrogen and oxygen atoms in total. The highest BCUT2D eigenvalue weighted by Crippen LogP contribution is 2.30. The minimum absolute atomic E-state index is 0.0316. The largest absolute Gasteiger partial charge is 0.341 e. The van der Waals surface area contributed by atoms with Gasteiger partial charge in [-0.25, -0.2) is 8.42 Å². The molecule has 0 unspecified atom stereocenters. The molecule has 3 heterocycles. The Morgan fingerprint density at radius 1 is 1.25 bits per heavy atom. The normalized spacial score (nSPS) is 17.4. The van der Waals surface area contributed by atoms with Crippen molar-refractivity contribution in [1.29, 1.82) is 0 Å². The van der Waals surface area contributed by atoms with Gasteiger partial charge in [0.1, 0.15) is 0 Å². The van der Waals surface area contributed by atoms with Crippen molar-refractivity contribution in [3.63, 3.8) is 0 Å². The molecule has 10 heteroatoms. The van der Waals surface area contributed by atoms with Crippen molar-refractivity contribution in [2.75, 3.05) is 24.3 Å². The summed E-state index contributed by atoms with van der Waals surface area (Å²) in [4.78, 5) is 18.5. The molecule has 0 N–H and O–H groups in total. The van der Waals surface area contributed by atoms with Crippen molar-refractivity contribution in [2.45, 2.75) is 31.5 Å². The SMILES string of the molecule is Cc1ccc(-n2c(SCC(=O)N(C)[C@@H]3CCS(=O)(=O)C3)nnc2-c2cccnc2)c(C)c1. The van der Waals surface area contributed by atoms with Gasteiger partial charge in [0, 0.05) is 31.0 Å². The van der Waals surface area contributed by atoms with Crippen LogP contribution in [0.25, 0.3) is 17.1 Å². The second-order valence-electron chi connectivity index (χ2n) is 8.02. The van der Waals surface area contributed by atoms with Crippen molar-refractivity contribution in [2.24, 2.45) is 0 Å². The van der Waals surface area contributed by atoms with Crippen LogP contribution in [0.3, 0.4) is 0 Å². The lowest BCUT2D eigenvalue weighted by Gasteiger charge is -2.23. The maximum absolute atomic E-state index is 12.8. The van der Waals surface area contributed by atoms with Gasteiger partial charge in [0.05, 0.1) is 22.9 Å². The minimum Gasteiger partial charge on any atom is -0.341 e. The summed E-state index contributed by atoms with van der Waals surface area (Å²) in [5, 5.41) is 9.35. The topological polar surface area (TPSA) is 98.1 Å². The van der Waals surface area contributed by atoms with Gasteiger partial charge >= 0.3 is 0 Å². The highest BCUT2D eigenvalue weighted by Gasteiger charge is 2.32. The molecule has 1 aliphatic heterocycles. The second kappa shape index (κ2) is 9.03. The van der Waals surface area contributed by atoms with E-state index in [1.807, 2.05) is 42.7 Å². The van der Waals surface area contributed by atoms with Crippen LogP contribution in [0.4, 0.5) is 0 Å². The molecule has 0 aliphatic carbocycles. The van der Waals surface area contributed by atoms with Crippen molar-refractivity contribution < 1.29 is 13.2 Å². The van der Waals surface area contributed by atoms with Crippen molar-refractivity contribution in [1.82, 2.24) is 24.6 Å². The average Bonchev–Trinajstić information content (AvgIpc) is 3.35. The molecule has 0 saturated carbocycles. The van der Waals surface area contributed by atoms with Gasteiger partial charge in [0.25, 0.3) is 0 Å². The third-order valence-corrected chi connectivity index (χ3v) is 8.28. The Morgan fingerprint density at radius 2 is 2.06 bits per heavy atom. The van der Waals surface area contributed by atoms with E-state index in [0.29, 0.717) is 17.4 Å². The van der Waals surface area contributed by atoms with E-state index in [2.05, 4.69) is 21.2 Å². The lowest BCUT2D eigenvalue weighted by atomic mass is 10.1. The van der Waals surface area contributed by atoms with Gasteiger partial charge in [-0.1, -0.05) is 29.5 Å². The van der Waals surface area contributed by atoms with Crippen LogP contribution in [0.2, 0.25) is 0 Å². The Bertz CT molecular complexity index is 1240. The molecule has 2 aromatic heterocycles. The second-order valence-corrected chi connectivity index (χ2v) is 11.2. The molecule has 32 heavy (non-hydrogen) atoms. The highest BCUT2D eigenvalue weighted by atomic mass is 32.2. The van der Waals surface area contributed by atoms with E-state index in [-0.39, 0.29) is 29.2 Å². The number of hydrogen-bond donors (Lipinski definition) is 0. The summed E-state index contributed by atoms with van der Waals surface area (Å²) in [5.74, 6) is 0.829. The first-order chi connectivity index (χ1) is 15.2. The molecule has 0 radical (unpaired) electrons. The maximum atomic E-state index is 12.8. The number of amides is 1. The molecule has 0 bridgehead atoms. The van der Waals surface area contributed by atoms with Gasteiger partial charge in [-0.3, -0.25) is 14.3 Å². The summed E-state index contributed by atoms with van der Waals surface area (Å²) >= 11 is 1.29. The molecule has 0 spiro atoms. The molecule has 168 valence electrons. The summed E-state index contributed by atoms with van der Waals surface area (Å²) in [7, 11) is -1.38. The van der Waals surface area contributed by atoms with E-state index in [1.54, 1.807) is 24.3 Å². The number of hydrogen-bond acceptors (Lipinski definition) is 7. The van der Waals surface area contributed by atoms with Crippen LogP contribution in [-0.4, -0.2) is 69.3 Å². The first-order valence-corrected chi connectivity index (χ1v) is 13.1. The highest BCUT2D eigenvalue weighted by molar-refractivity contribution is 7.99. The standard InChI is InChI=1S/C22H25N5O3S2/c1-15-6-7-19(16(2)11-15)27-21(17-5-4-9-23-12-17)24-25-22(27)31-13-20(28)26(3)18-8-10-32(29,30)14-18/h4-7,9,11-12,18H,8,10,13-14H2,1-3H3/t18-/m1/s1. The zero-order chi connectivity index (χ0) is 22.9. The first-order valence-electron chi connectivity index (χ1n) is 10.3. The lowest BCUT2D eigenvalue weighted by molar-refractivity contribution is -0.128. The lowest BCUT2D eigenvalue weighted by Crippen LogP contribution is -2.38. The van der Waals surface area contributed by atoms with Gasteiger partial charge in [0.2, 0.25) is 5.91 Å². The monoisotopic (exact) mass is 471 g/mol. The number of benzene rings is 1. The van der Waals surface area contributed by atoms with Crippen LogP contribution in [-0.2, 0) is 14.6 Å². The molecule has 1 aromatic carbocycles. The van der Waals surface area contributed by atoms with E-state index in [4.69, 9.17) is 0 Å². The molecule has 1 saturated heterocycles. The Hall–Kier alpha value is -2.72. The van der Waals surface area contributed by atoms with Crippen LogP contribution in [0.15, 0.2) is 47.9 Å². The Labute approximate surface area is 192 Å². The number of carbonyl (C=O) groups excluding carboxylic acids is 1. The van der Waals surface area contributed by atoms with Crippen LogP contribution in [0, 0.1) is 13.8 Å². The van der Waals surface area contributed by atoms with Gasteiger partial charge < -0.3 is 4.90 Å². The van der Waals surface area contributed by atoms with Crippen molar-refractivity contribution >= 4 is 27.5 Å². The van der Waals surface area contributed by atoms with Crippen LogP contribution < -0.4 is 0 Å². The Morgan fingerprint density at radius 3 is 2.72 bits per heavy atom. The third-order valence-electron chi connectivity index (χ3n) is 5.62. The number of sulfone groups is 1. The predicted molar refractivity (Wildman–Crippen MR) is 125 cm³/mol. The molecular formula is C22H25N5O3S2. The number of aryl methyl sites for hydroxylation is 2. The van der Waals surface area contributed by atoms with E-state index >= 15 is 0 Å². The fourth-order valence-electron chi connectivity index (χ4n) is 3.83. The van der Waals surface area contributed by atoms with E-state index in [9.17, 15) is 13.2 Å². The fourth-order valence-corrected chi connectivity index (χ4v) is 6.47. The number of rotatable bonds is 6. The van der Waals surface area contributed by atoms with Crippen molar-refractivity contribution in [3.05, 3.63) is 53.9 Å². The zero-order valence-corrected chi connectivity index (χ0v) is 19.9. The van der Waals surface area contributed by atoms with Crippen LogP contribution in [0.5, 0.6) is 0 Å². The average molecular weight is 472 g/mol. The Balaban J connectivity index is 1.61. The molecule has 3 aromatic rings. The van der Waals surface area contributed by atoms with Crippen LogP contribution >= 0.6 is 11.8 Å². The molecule has 4 rings (SSSR count). The van der Waals surface area contributed by atoms with Crippen LogP contribution in [0.1, 0.15) is 17.5 Å².